The van der Waals surface area contributed by atoms with Crippen molar-refractivity contribution in [1.82, 2.24) is 0 Å². The lowest BCUT2D eigenvalue weighted by molar-refractivity contribution is -0.343. The zero-order valence-corrected chi connectivity index (χ0v) is 20.8. The predicted molar refractivity (Wildman–Crippen MR) is 113 cm³/mol. The van der Waals surface area contributed by atoms with Gasteiger partial charge in [0.15, 0.2) is 12.6 Å². The Labute approximate surface area is 223 Å². The van der Waals surface area contributed by atoms with E-state index in [2.05, 4.69) is 8.37 Å². The van der Waals surface area contributed by atoms with Crippen molar-refractivity contribution in [1.29, 1.82) is 0 Å². The predicted octanol–water partition coefficient (Wildman–Crippen LogP) is -8.90. The maximum atomic E-state index is 11.5. The Kier molecular flexibility index (Phi) is 10.1. The Bertz CT molecular complexity index is 994. The van der Waals surface area contributed by atoms with Crippen LogP contribution < -0.4 is 0 Å². The van der Waals surface area contributed by atoms with Crippen molar-refractivity contribution in [2.45, 2.75) is 85.2 Å². The van der Waals surface area contributed by atoms with Gasteiger partial charge >= 0.3 is 22.2 Å². The van der Waals surface area contributed by atoms with Gasteiger partial charge in [-0.25, -0.2) is 8.98 Å². The van der Waals surface area contributed by atoms with Gasteiger partial charge in [0.25, 0.3) is 5.79 Å². The quantitative estimate of drug-likeness (QED) is 0.109. The molecule has 14 atom stereocenters. The van der Waals surface area contributed by atoms with Crippen LogP contribution in [0.25, 0.3) is 0 Å². The summed E-state index contributed by atoms with van der Waals surface area (Å²) in [6.07, 6.45) is -23.3. The second-order valence-corrected chi connectivity index (χ2v) is 10.3. The maximum Gasteiger partial charge on any atom is 0.406 e. The summed E-state index contributed by atoms with van der Waals surface area (Å²) >= 11 is 0. The lowest BCUT2D eigenvalue weighted by Crippen LogP contribution is -2.66. The van der Waals surface area contributed by atoms with E-state index in [9.17, 15) is 69.4 Å². The topological polar surface area (TPSA) is 349 Å². The SMILES string of the molecule is O=C(O)[C@]1(O)OS(=O)(=O)O[C@@]1(O)[C@H](O)[C@H](O)CO[C@H]1O[C@H](CO[C@H]2O[C@H](CO)[C@@H](O)[C@H](O)[C@H]2O)[C@@H](O)[C@H](O)[C@H]1O. The van der Waals surface area contributed by atoms with Crippen LogP contribution in [0.2, 0.25) is 0 Å². The Morgan fingerprint density at radius 3 is 1.82 bits per heavy atom. The lowest BCUT2D eigenvalue weighted by Gasteiger charge is -2.43. The van der Waals surface area contributed by atoms with E-state index in [0.29, 0.717) is 0 Å². The van der Waals surface area contributed by atoms with Crippen molar-refractivity contribution in [3.8, 4) is 0 Å². The van der Waals surface area contributed by atoms with Gasteiger partial charge in [0.2, 0.25) is 0 Å². The summed E-state index contributed by atoms with van der Waals surface area (Å²) in [7, 11) is -5.39. The summed E-state index contributed by atoms with van der Waals surface area (Å²) in [6.45, 7) is -2.75. The van der Waals surface area contributed by atoms with Crippen LogP contribution in [0, 0.1) is 0 Å². The van der Waals surface area contributed by atoms with Gasteiger partial charge in [-0.2, -0.15) is 12.6 Å². The fourth-order valence-corrected chi connectivity index (χ4v) is 5.05. The van der Waals surface area contributed by atoms with Crippen LogP contribution in [-0.4, -0.2) is 181 Å². The molecule has 3 aliphatic heterocycles. The number of hydrogen-bond donors (Lipinski definition) is 12. The number of carboxylic acids is 1. The Balaban J connectivity index is 1.65. The van der Waals surface area contributed by atoms with E-state index in [0.717, 1.165) is 0 Å². The Morgan fingerprint density at radius 2 is 1.30 bits per heavy atom. The first-order valence-corrected chi connectivity index (χ1v) is 12.7. The third-order valence-electron chi connectivity index (χ3n) is 6.37. The van der Waals surface area contributed by atoms with Gasteiger partial charge in [0.05, 0.1) is 19.8 Å². The van der Waals surface area contributed by atoms with Crippen molar-refractivity contribution >= 4 is 16.4 Å². The molecule has 0 aromatic carbocycles. The van der Waals surface area contributed by atoms with Crippen LogP contribution in [0.1, 0.15) is 0 Å². The molecule has 0 saturated carbocycles. The molecule has 0 aromatic heterocycles. The molecule has 0 aliphatic carbocycles. The molecule has 234 valence electrons. The minimum Gasteiger partial charge on any atom is -0.477 e. The average Bonchev–Trinajstić information content (AvgIpc) is 3.09. The third-order valence-corrected chi connectivity index (χ3v) is 7.27. The summed E-state index contributed by atoms with van der Waals surface area (Å²) in [5.74, 6) is -10.6. The van der Waals surface area contributed by atoms with Crippen molar-refractivity contribution in [2.75, 3.05) is 19.8 Å². The molecule has 3 saturated heterocycles. The summed E-state index contributed by atoms with van der Waals surface area (Å²) in [5, 5.41) is 119. The number of ether oxygens (including phenoxy) is 4. The summed E-state index contributed by atoms with van der Waals surface area (Å²) in [4.78, 5) is 11.3. The molecular formula is C18H30O21S. The number of carbonyl (C=O) groups is 1. The molecule has 0 spiro atoms. The van der Waals surface area contributed by atoms with E-state index in [1.54, 1.807) is 0 Å². The highest BCUT2D eigenvalue weighted by Gasteiger charge is 2.73. The molecule has 0 amide bonds. The van der Waals surface area contributed by atoms with Gasteiger partial charge in [-0.15, -0.1) is 0 Å². The van der Waals surface area contributed by atoms with Gasteiger partial charge in [-0.3, -0.25) is 0 Å². The zero-order valence-electron chi connectivity index (χ0n) is 20.0. The van der Waals surface area contributed by atoms with Crippen LogP contribution >= 0.6 is 0 Å². The van der Waals surface area contributed by atoms with Gasteiger partial charge in [0.1, 0.15) is 61.0 Å². The molecule has 12 N–H and O–H groups in total. The molecule has 0 bridgehead atoms. The molecule has 0 radical (unpaired) electrons. The summed E-state index contributed by atoms with van der Waals surface area (Å²) in [6, 6.07) is 0. The van der Waals surface area contributed by atoms with E-state index in [1.807, 2.05) is 0 Å². The third kappa shape index (κ3) is 6.10. The van der Waals surface area contributed by atoms with Crippen molar-refractivity contribution in [3.05, 3.63) is 0 Å². The second-order valence-electron chi connectivity index (χ2n) is 9.11. The summed E-state index contributed by atoms with van der Waals surface area (Å²) in [5.41, 5.74) is 0. The highest BCUT2D eigenvalue weighted by molar-refractivity contribution is 7.82. The largest absolute Gasteiger partial charge is 0.477 e. The minimum atomic E-state index is -5.39. The fraction of sp³-hybridized carbons (Fsp3) is 0.944. The average molecular weight is 614 g/mol. The maximum absolute atomic E-state index is 11.5. The van der Waals surface area contributed by atoms with Crippen LogP contribution in [0.4, 0.5) is 0 Å². The number of aliphatic carboxylic acids is 1. The molecule has 0 unspecified atom stereocenters. The first kappa shape index (κ1) is 33.2. The molecule has 3 rings (SSSR count). The first-order chi connectivity index (χ1) is 18.4. The molecule has 0 aromatic rings. The molecule has 21 nitrogen and oxygen atoms in total. The minimum absolute atomic E-state index is 0.743. The highest BCUT2D eigenvalue weighted by atomic mass is 32.3. The number of hydrogen-bond acceptors (Lipinski definition) is 20. The fourth-order valence-electron chi connectivity index (χ4n) is 4.01. The van der Waals surface area contributed by atoms with E-state index in [1.165, 1.54) is 0 Å². The standard InChI is InChI=1S/C18H30O21S/c19-1-5-7(21)9(23)11(25)15(36-5)35-3-6-8(22)10(24)12(26)14(37-6)34-2-4(20)13(27)17(30)18(31,16(28)29)39-40(32,33)38-17/h4-15,19-27,30-31H,1-3H2,(H,28,29)/t4-,5-,6-,7-,8-,9+,10+,11-,12-,13-,14+,15+,17+,18+/m1/s1. The van der Waals surface area contributed by atoms with Crippen LogP contribution in [-0.2, 0) is 42.5 Å². The van der Waals surface area contributed by atoms with Gasteiger partial charge < -0.3 is 80.2 Å². The van der Waals surface area contributed by atoms with E-state index in [-0.39, 0.29) is 0 Å². The monoisotopic (exact) mass is 614 g/mol. The Hall–Kier alpha value is -1.26. The molecular weight excluding hydrogens is 584 g/mol. The second kappa shape index (κ2) is 12.2. The molecule has 3 aliphatic rings. The van der Waals surface area contributed by atoms with E-state index < -0.39 is 121 Å². The van der Waals surface area contributed by atoms with Crippen LogP contribution in [0.5, 0.6) is 0 Å². The van der Waals surface area contributed by atoms with Crippen LogP contribution in [0.15, 0.2) is 0 Å². The van der Waals surface area contributed by atoms with E-state index >= 15 is 0 Å². The van der Waals surface area contributed by atoms with Crippen molar-refractivity contribution in [3.63, 3.8) is 0 Å². The normalized spacial score (nSPS) is 47.1. The molecule has 3 heterocycles. The van der Waals surface area contributed by atoms with Crippen molar-refractivity contribution < 1.29 is 102 Å². The Morgan fingerprint density at radius 1 is 0.800 bits per heavy atom. The van der Waals surface area contributed by atoms with Gasteiger partial charge in [0, 0.05) is 0 Å². The van der Waals surface area contributed by atoms with E-state index in [4.69, 9.17) is 24.1 Å². The highest BCUT2D eigenvalue weighted by Crippen LogP contribution is 2.40. The molecule has 40 heavy (non-hydrogen) atoms. The van der Waals surface area contributed by atoms with Gasteiger partial charge in [-0.05, 0) is 0 Å². The first-order valence-electron chi connectivity index (χ1n) is 11.3. The number of aliphatic hydroxyl groups is 11. The summed E-state index contributed by atoms with van der Waals surface area (Å²) < 4.78 is 51.3. The number of carboxylic acid groups (broad SMARTS) is 1. The zero-order chi connectivity index (χ0) is 30.4. The van der Waals surface area contributed by atoms with Crippen molar-refractivity contribution in [2.24, 2.45) is 0 Å². The van der Waals surface area contributed by atoms with Crippen LogP contribution in [0.3, 0.4) is 0 Å². The molecule has 22 heteroatoms. The van der Waals surface area contributed by atoms with Gasteiger partial charge in [-0.1, -0.05) is 0 Å². The number of rotatable bonds is 10. The lowest BCUT2D eigenvalue weighted by atomic mass is 9.96. The number of aliphatic hydroxyl groups excluding tert-OH is 9. The molecule has 3 fully saturated rings. The smallest absolute Gasteiger partial charge is 0.406 e.